The Morgan fingerprint density at radius 3 is 2.72 bits per heavy atom. The second-order valence-electron chi connectivity index (χ2n) is 4.75. The molecule has 4 heteroatoms. The summed E-state index contributed by atoms with van der Waals surface area (Å²) in [5, 5.41) is 3.39. The van der Waals surface area contributed by atoms with Crippen LogP contribution in [0, 0.1) is 6.92 Å². The lowest BCUT2D eigenvalue weighted by molar-refractivity contribution is 0.672. The minimum atomic E-state index is -0.608. The summed E-state index contributed by atoms with van der Waals surface area (Å²) in [4.78, 5) is 2.37. The largest absolute Gasteiger partial charge is 0.369 e. The zero-order valence-corrected chi connectivity index (χ0v) is 12.1. The third kappa shape index (κ3) is 3.33. The van der Waals surface area contributed by atoms with Crippen LogP contribution in [0.1, 0.15) is 18.1 Å². The van der Waals surface area contributed by atoms with Gasteiger partial charge in [0.05, 0.1) is 0 Å². The lowest BCUT2D eigenvalue weighted by Gasteiger charge is -2.30. The van der Waals surface area contributed by atoms with E-state index < -0.39 is 10.8 Å². The van der Waals surface area contributed by atoms with Crippen LogP contribution in [0.2, 0.25) is 0 Å². The van der Waals surface area contributed by atoms with Crippen LogP contribution >= 0.6 is 0 Å². The molecule has 1 fully saturated rings. The van der Waals surface area contributed by atoms with E-state index in [2.05, 4.69) is 42.3 Å². The van der Waals surface area contributed by atoms with E-state index in [4.69, 9.17) is 0 Å². The van der Waals surface area contributed by atoms with Gasteiger partial charge in [0.25, 0.3) is 0 Å². The minimum absolute atomic E-state index is 0.608. The Labute approximate surface area is 112 Å². The molecule has 1 aliphatic heterocycles. The fraction of sp³-hybridized carbons (Fsp3) is 0.571. The Hall–Kier alpha value is -0.870. The number of nitrogens with one attached hydrogen (secondary N) is 1. The summed E-state index contributed by atoms with van der Waals surface area (Å²) in [5.41, 5.74) is 3.95. The minimum Gasteiger partial charge on any atom is -0.369 e. The first-order valence-corrected chi connectivity index (χ1v) is 8.09. The zero-order chi connectivity index (χ0) is 13.0. The zero-order valence-electron chi connectivity index (χ0n) is 11.2. The van der Waals surface area contributed by atoms with Gasteiger partial charge in [-0.1, -0.05) is 24.6 Å². The summed E-state index contributed by atoms with van der Waals surface area (Å²) in [6.07, 6.45) is 0. The Kier molecular flexibility index (Phi) is 4.78. The standard InChI is InChI=1S/C14H22N2OS/c1-3-15-11-13-10-12(2)4-5-14(13)16-6-8-18(17)9-7-16/h4-5,10,15H,3,6-9,11H2,1-2H3. The molecule has 0 unspecified atom stereocenters. The highest BCUT2D eigenvalue weighted by Crippen LogP contribution is 2.23. The smallest absolute Gasteiger partial charge is 0.0412 e. The molecule has 1 aromatic carbocycles. The molecule has 100 valence electrons. The van der Waals surface area contributed by atoms with Crippen molar-refractivity contribution in [2.24, 2.45) is 0 Å². The summed E-state index contributed by atoms with van der Waals surface area (Å²) >= 11 is 0. The second kappa shape index (κ2) is 6.34. The number of anilines is 1. The van der Waals surface area contributed by atoms with Gasteiger partial charge in [0.2, 0.25) is 0 Å². The van der Waals surface area contributed by atoms with Gasteiger partial charge in [-0.2, -0.15) is 0 Å². The quantitative estimate of drug-likeness (QED) is 0.900. The number of aryl methyl sites for hydroxylation is 1. The average Bonchev–Trinajstić information content (AvgIpc) is 2.38. The molecule has 2 rings (SSSR count). The molecule has 0 spiro atoms. The lowest BCUT2D eigenvalue weighted by Crippen LogP contribution is -2.38. The van der Waals surface area contributed by atoms with Crippen molar-refractivity contribution in [3.63, 3.8) is 0 Å². The molecule has 1 aliphatic rings. The predicted octanol–water partition coefficient (Wildman–Crippen LogP) is 1.67. The van der Waals surface area contributed by atoms with Crippen molar-refractivity contribution < 1.29 is 4.21 Å². The summed E-state index contributed by atoms with van der Waals surface area (Å²) in [6.45, 7) is 7.97. The number of nitrogens with zero attached hydrogens (tertiary/aromatic N) is 1. The molecule has 1 aromatic rings. The SMILES string of the molecule is CCNCc1cc(C)ccc1N1CCS(=O)CC1. The first kappa shape index (κ1) is 13.6. The first-order chi connectivity index (χ1) is 8.70. The Balaban J connectivity index is 2.17. The molecule has 1 saturated heterocycles. The van der Waals surface area contributed by atoms with E-state index >= 15 is 0 Å². The van der Waals surface area contributed by atoms with Crippen molar-refractivity contribution in [3.05, 3.63) is 29.3 Å². The van der Waals surface area contributed by atoms with Crippen molar-refractivity contribution in [1.29, 1.82) is 0 Å². The number of rotatable bonds is 4. The summed E-state index contributed by atoms with van der Waals surface area (Å²) < 4.78 is 11.4. The average molecular weight is 266 g/mol. The molecule has 0 saturated carbocycles. The molecule has 0 atom stereocenters. The molecule has 1 N–H and O–H groups in total. The molecule has 0 amide bonds. The van der Waals surface area contributed by atoms with Crippen molar-refractivity contribution in [2.45, 2.75) is 20.4 Å². The summed E-state index contributed by atoms with van der Waals surface area (Å²) in [6, 6.07) is 6.62. The molecular formula is C14H22N2OS. The van der Waals surface area contributed by atoms with Crippen LogP contribution in [0.4, 0.5) is 5.69 Å². The number of hydrogen-bond donors (Lipinski definition) is 1. The number of benzene rings is 1. The topological polar surface area (TPSA) is 32.3 Å². The van der Waals surface area contributed by atoms with Crippen LogP contribution in [0.3, 0.4) is 0 Å². The molecule has 0 bridgehead atoms. The van der Waals surface area contributed by atoms with Gasteiger partial charge in [-0.05, 0) is 25.1 Å². The van der Waals surface area contributed by atoms with Gasteiger partial charge < -0.3 is 10.2 Å². The van der Waals surface area contributed by atoms with Crippen molar-refractivity contribution >= 4 is 16.5 Å². The third-order valence-corrected chi connectivity index (χ3v) is 4.59. The highest BCUT2D eigenvalue weighted by atomic mass is 32.2. The molecule has 0 aliphatic carbocycles. The molecule has 18 heavy (non-hydrogen) atoms. The highest BCUT2D eigenvalue weighted by molar-refractivity contribution is 7.85. The van der Waals surface area contributed by atoms with E-state index in [9.17, 15) is 4.21 Å². The maximum atomic E-state index is 11.4. The Morgan fingerprint density at radius 1 is 1.33 bits per heavy atom. The van der Waals surface area contributed by atoms with E-state index in [1.807, 2.05) is 0 Å². The molecule has 1 heterocycles. The van der Waals surface area contributed by atoms with Crippen LogP contribution in [0.15, 0.2) is 18.2 Å². The van der Waals surface area contributed by atoms with Crippen molar-refractivity contribution in [3.8, 4) is 0 Å². The van der Waals surface area contributed by atoms with Gasteiger partial charge in [-0.15, -0.1) is 0 Å². The van der Waals surface area contributed by atoms with Gasteiger partial charge in [-0.25, -0.2) is 0 Å². The van der Waals surface area contributed by atoms with Gasteiger partial charge in [-0.3, -0.25) is 4.21 Å². The van der Waals surface area contributed by atoms with Crippen LogP contribution in [0.5, 0.6) is 0 Å². The van der Waals surface area contributed by atoms with Crippen molar-refractivity contribution in [2.75, 3.05) is 36.0 Å². The van der Waals surface area contributed by atoms with E-state index in [0.717, 1.165) is 37.7 Å². The Morgan fingerprint density at radius 2 is 2.06 bits per heavy atom. The maximum Gasteiger partial charge on any atom is 0.0412 e. The summed E-state index contributed by atoms with van der Waals surface area (Å²) in [7, 11) is -0.608. The fourth-order valence-electron chi connectivity index (χ4n) is 2.30. The van der Waals surface area contributed by atoms with Crippen molar-refractivity contribution in [1.82, 2.24) is 5.32 Å². The van der Waals surface area contributed by atoms with Crippen LogP contribution in [-0.2, 0) is 17.3 Å². The van der Waals surface area contributed by atoms with E-state index in [1.54, 1.807) is 0 Å². The number of hydrogen-bond acceptors (Lipinski definition) is 3. The monoisotopic (exact) mass is 266 g/mol. The second-order valence-corrected chi connectivity index (χ2v) is 6.44. The normalized spacial score (nSPS) is 17.1. The van der Waals surface area contributed by atoms with Gasteiger partial charge in [0, 0.05) is 47.6 Å². The molecule has 3 nitrogen and oxygen atoms in total. The van der Waals surface area contributed by atoms with Gasteiger partial charge >= 0.3 is 0 Å². The van der Waals surface area contributed by atoms with Crippen LogP contribution < -0.4 is 10.2 Å². The van der Waals surface area contributed by atoms with Crippen LogP contribution in [0.25, 0.3) is 0 Å². The molecule has 0 radical (unpaired) electrons. The third-order valence-electron chi connectivity index (χ3n) is 3.32. The molecular weight excluding hydrogens is 244 g/mol. The lowest BCUT2D eigenvalue weighted by atomic mass is 10.1. The van der Waals surface area contributed by atoms with E-state index in [0.29, 0.717) is 0 Å². The fourth-order valence-corrected chi connectivity index (χ4v) is 3.36. The highest BCUT2D eigenvalue weighted by Gasteiger charge is 2.17. The van der Waals surface area contributed by atoms with E-state index in [-0.39, 0.29) is 0 Å². The van der Waals surface area contributed by atoms with Gasteiger partial charge in [0.1, 0.15) is 0 Å². The van der Waals surface area contributed by atoms with Crippen LogP contribution in [-0.4, -0.2) is 35.3 Å². The van der Waals surface area contributed by atoms with Gasteiger partial charge in [0.15, 0.2) is 0 Å². The Bertz CT molecular complexity index is 424. The first-order valence-electron chi connectivity index (χ1n) is 6.61. The molecule has 0 aromatic heterocycles. The van der Waals surface area contributed by atoms with E-state index in [1.165, 1.54) is 16.8 Å². The predicted molar refractivity (Wildman–Crippen MR) is 78.6 cm³/mol. The maximum absolute atomic E-state index is 11.4. The summed E-state index contributed by atoms with van der Waals surface area (Å²) in [5.74, 6) is 1.60.